The highest BCUT2D eigenvalue weighted by Gasteiger charge is 2.22. The molecule has 2 aromatic carbocycles. The minimum Gasteiger partial charge on any atom is -0.382 e. The van der Waals surface area contributed by atoms with Gasteiger partial charge in [-0.3, -0.25) is 4.79 Å². The second kappa shape index (κ2) is 8.31. The lowest BCUT2D eigenvalue weighted by Gasteiger charge is -2.15. The quantitative estimate of drug-likeness (QED) is 0.550. The van der Waals surface area contributed by atoms with Gasteiger partial charge in [-0.2, -0.15) is 0 Å². The van der Waals surface area contributed by atoms with Gasteiger partial charge in [0.2, 0.25) is 0 Å². The van der Waals surface area contributed by atoms with Crippen LogP contribution in [0.5, 0.6) is 0 Å². The Hall–Kier alpha value is -2.77. The van der Waals surface area contributed by atoms with Crippen LogP contribution in [0.25, 0.3) is 11.3 Å². The normalized spacial score (nSPS) is 15.2. The van der Waals surface area contributed by atoms with E-state index in [1.165, 1.54) is 11.1 Å². The molecule has 3 aromatic rings. The first-order valence-corrected chi connectivity index (χ1v) is 10.3. The lowest BCUT2D eigenvalue weighted by molar-refractivity contribution is 0.0959. The molecule has 1 aromatic heterocycles. The van der Waals surface area contributed by atoms with Crippen molar-refractivity contribution in [1.82, 2.24) is 20.6 Å². The summed E-state index contributed by atoms with van der Waals surface area (Å²) in [6, 6.07) is 15.0. The fraction of sp³-hybridized carbons (Fsp3) is 0.227. The molecule has 1 heterocycles. The van der Waals surface area contributed by atoms with Crippen molar-refractivity contribution < 1.29 is 4.79 Å². The maximum absolute atomic E-state index is 11.9. The summed E-state index contributed by atoms with van der Waals surface area (Å²) in [5.74, 6) is -0.223. The predicted octanol–water partition coefficient (Wildman–Crippen LogP) is 3.63. The molecule has 148 valence electrons. The lowest BCUT2D eigenvalue weighted by Crippen LogP contribution is -2.21. The number of anilines is 1. The third kappa shape index (κ3) is 4.16. The van der Waals surface area contributed by atoms with Gasteiger partial charge in [-0.15, -0.1) is 0 Å². The average molecular weight is 452 g/mol. The summed E-state index contributed by atoms with van der Waals surface area (Å²) in [6.45, 7) is 0.749. The van der Waals surface area contributed by atoms with Crippen molar-refractivity contribution in [3.05, 3.63) is 75.5 Å². The number of aryl methyl sites for hydroxylation is 1. The molecule has 1 aliphatic rings. The van der Waals surface area contributed by atoms with E-state index in [0.717, 1.165) is 35.0 Å². The summed E-state index contributed by atoms with van der Waals surface area (Å²) in [5.41, 5.74) is 11.4. The molecule has 0 fully saturated rings. The molecule has 0 bridgehead atoms. The van der Waals surface area contributed by atoms with Gasteiger partial charge >= 0.3 is 0 Å². The van der Waals surface area contributed by atoms with Crippen molar-refractivity contribution in [2.45, 2.75) is 25.4 Å². The zero-order valence-electron chi connectivity index (χ0n) is 16.1. The Labute approximate surface area is 178 Å². The van der Waals surface area contributed by atoms with Crippen LogP contribution in [0.1, 0.15) is 39.6 Å². The van der Waals surface area contributed by atoms with Crippen LogP contribution in [0.2, 0.25) is 0 Å². The zero-order chi connectivity index (χ0) is 20.4. The molecule has 1 unspecified atom stereocenters. The molecule has 4 rings (SSSR count). The third-order valence-electron chi connectivity index (χ3n) is 5.20. The van der Waals surface area contributed by atoms with Crippen molar-refractivity contribution in [1.29, 1.82) is 0 Å². The minimum atomic E-state index is -0.346. The lowest BCUT2D eigenvalue weighted by atomic mass is 10.1. The third-order valence-corrected chi connectivity index (χ3v) is 5.69. The fourth-order valence-corrected chi connectivity index (χ4v) is 4.11. The first-order chi connectivity index (χ1) is 14.0. The number of carbonyl (C=O) groups is 1. The first-order valence-electron chi connectivity index (χ1n) is 9.51. The van der Waals surface area contributed by atoms with Gasteiger partial charge in [-0.25, -0.2) is 9.97 Å². The summed E-state index contributed by atoms with van der Waals surface area (Å²) in [5, 5.41) is 6.21. The molecule has 0 radical (unpaired) electrons. The molecule has 1 amide bonds. The Morgan fingerprint density at radius 1 is 1.28 bits per heavy atom. The van der Waals surface area contributed by atoms with Crippen LogP contribution < -0.4 is 16.4 Å². The fourth-order valence-electron chi connectivity index (χ4n) is 3.70. The number of rotatable bonds is 5. The number of nitrogens with two attached hydrogens (primary N) is 1. The molecule has 1 aliphatic carbocycles. The number of amides is 1. The van der Waals surface area contributed by atoms with Crippen molar-refractivity contribution in [2.75, 3.05) is 12.8 Å². The van der Waals surface area contributed by atoms with E-state index in [1.54, 1.807) is 13.2 Å². The molecule has 0 saturated carbocycles. The standard InChI is InChI=1S/C22H22BrN5O/c1-25-22(29)20-21(24)27-12-19(28-20)15-4-2-3-13(9-15)11-26-18-8-5-14-10-16(23)6-7-17(14)18/h2-4,6-7,9-10,12,18,26H,5,8,11H2,1H3,(H2,24,27)(H,25,29). The van der Waals surface area contributed by atoms with Crippen LogP contribution in [0, 0.1) is 0 Å². The second-order valence-electron chi connectivity index (χ2n) is 7.08. The number of nitrogens with zero attached hydrogens (tertiary/aromatic N) is 2. The number of hydrogen-bond donors (Lipinski definition) is 3. The van der Waals surface area contributed by atoms with E-state index in [2.05, 4.69) is 66.9 Å². The highest BCUT2D eigenvalue weighted by atomic mass is 79.9. The van der Waals surface area contributed by atoms with Gasteiger partial charge in [0.1, 0.15) is 0 Å². The van der Waals surface area contributed by atoms with Crippen molar-refractivity contribution in [2.24, 2.45) is 0 Å². The summed E-state index contributed by atoms with van der Waals surface area (Å²) < 4.78 is 1.13. The van der Waals surface area contributed by atoms with Crippen LogP contribution in [-0.2, 0) is 13.0 Å². The topological polar surface area (TPSA) is 92.9 Å². The molecular weight excluding hydrogens is 430 g/mol. The Bertz CT molecular complexity index is 1070. The van der Waals surface area contributed by atoms with Gasteiger partial charge < -0.3 is 16.4 Å². The molecule has 1 atom stereocenters. The smallest absolute Gasteiger partial charge is 0.273 e. The Kier molecular flexibility index (Phi) is 5.60. The van der Waals surface area contributed by atoms with Crippen molar-refractivity contribution >= 4 is 27.7 Å². The maximum Gasteiger partial charge on any atom is 0.273 e. The van der Waals surface area contributed by atoms with E-state index >= 15 is 0 Å². The van der Waals surface area contributed by atoms with Gasteiger partial charge in [0, 0.05) is 29.7 Å². The minimum absolute atomic E-state index is 0.123. The molecule has 0 aliphatic heterocycles. The molecular formula is C22H22BrN5O. The van der Waals surface area contributed by atoms with Crippen molar-refractivity contribution in [3.63, 3.8) is 0 Å². The number of nitrogens with one attached hydrogen (secondary N) is 2. The molecule has 4 N–H and O–H groups in total. The number of hydrogen-bond acceptors (Lipinski definition) is 5. The molecule has 29 heavy (non-hydrogen) atoms. The van der Waals surface area contributed by atoms with Gasteiger partial charge in [0.25, 0.3) is 5.91 Å². The number of halogens is 1. The SMILES string of the molecule is CNC(=O)c1nc(-c2cccc(CNC3CCc4cc(Br)ccc43)c2)cnc1N. The summed E-state index contributed by atoms with van der Waals surface area (Å²) in [6.07, 6.45) is 3.79. The van der Waals surface area contributed by atoms with E-state index in [1.807, 2.05) is 12.1 Å². The van der Waals surface area contributed by atoms with Crippen LogP contribution in [0.15, 0.2) is 53.1 Å². The van der Waals surface area contributed by atoms with Gasteiger partial charge in [-0.1, -0.05) is 40.2 Å². The zero-order valence-corrected chi connectivity index (χ0v) is 17.7. The van der Waals surface area contributed by atoms with E-state index in [9.17, 15) is 4.79 Å². The van der Waals surface area contributed by atoms with Gasteiger partial charge in [-0.05, 0) is 47.7 Å². The van der Waals surface area contributed by atoms with E-state index in [0.29, 0.717) is 11.7 Å². The van der Waals surface area contributed by atoms with Gasteiger partial charge in [0.05, 0.1) is 11.9 Å². The van der Waals surface area contributed by atoms with Gasteiger partial charge in [0.15, 0.2) is 11.5 Å². The number of fused-ring (bicyclic) bond motifs is 1. The second-order valence-corrected chi connectivity index (χ2v) is 8.00. The Balaban J connectivity index is 1.51. The largest absolute Gasteiger partial charge is 0.382 e. The predicted molar refractivity (Wildman–Crippen MR) is 117 cm³/mol. The molecule has 0 saturated heterocycles. The first kappa shape index (κ1) is 19.5. The summed E-state index contributed by atoms with van der Waals surface area (Å²) >= 11 is 3.55. The van der Waals surface area contributed by atoms with Crippen LogP contribution in [0.3, 0.4) is 0 Å². The monoisotopic (exact) mass is 451 g/mol. The van der Waals surface area contributed by atoms with Crippen LogP contribution >= 0.6 is 15.9 Å². The molecule has 7 heteroatoms. The Morgan fingerprint density at radius 3 is 2.97 bits per heavy atom. The van der Waals surface area contributed by atoms with E-state index in [4.69, 9.17) is 5.73 Å². The number of carbonyl (C=O) groups excluding carboxylic acids is 1. The number of benzene rings is 2. The van der Waals surface area contributed by atoms with E-state index < -0.39 is 0 Å². The van der Waals surface area contributed by atoms with Crippen LogP contribution in [-0.4, -0.2) is 22.9 Å². The highest BCUT2D eigenvalue weighted by Crippen LogP contribution is 2.33. The maximum atomic E-state index is 11.9. The summed E-state index contributed by atoms with van der Waals surface area (Å²) in [7, 11) is 1.54. The molecule has 6 nitrogen and oxygen atoms in total. The molecule has 0 spiro atoms. The highest BCUT2D eigenvalue weighted by molar-refractivity contribution is 9.10. The Morgan fingerprint density at radius 2 is 2.14 bits per heavy atom. The number of nitrogen functional groups attached to an aromatic ring is 1. The van der Waals surface area contributed by atoms with Crippen molar-refractivity contribution in [3.8, 4) is 11.3 Å². The number of aromatic nitrogens is 2. The van der Waals surface area contributed by atoms with Crippen LogP contribution in [0.4, 0.5) is 5.82 Å². The average Bonchev–Trinajstić information content (AvgIpc) is 3.14. The van der Waals surface area contributed by atoms with E-state index in [-0.39, 0.29) is 17.4 Å². The summed E-state index contributed by atoms with van der Waals surface area (Å²) in [4.78, 5) is 20.5.